The molecular weight excluding hydrogens is 507 g/mol. The van der Waals surface area contributed by atoms with E-state index < -0.39 is 15.8 Å². The number of rotatable bonds is 6. The fourth-order valence-corrected chi connectivity index (χ4v) is 7.85. The first-order chi connectivity index (χ1) is 18.3. The van der Waals surface area contributed by atoms with Gasteiger partial charge in [-0.05, 0) is 50.8 Å². The minimum atomic E-state index is -3.96. The minimum Gasteiger partial charge on any atom is -0.355 e. The molecular formula is C28H37FN4O4S. The lowest BCUT2D eigenvalue weighted by Gasteiger charge is -2.42. The average Bonchev–Trinajstić information content (AvgIpc) is 3.33. The second kappa shape index (κ2) is 11.7. The lowest BCUT2D eigenvalue weighted by molar-refractivity contribution is -0.138. The molecule has 1 atom stereocenters. The van der Waals surface area contributed by atoms with Gasteiger partial charge in [0.1, 0.15) is 11.5 Å². The zero-order chi connectivity index (χ0) is 26.7. The van der Waals surface area contributed by atoms with Crippen molar-refractivity contribution in [3.8, 4) is 0 Å². The number of piperidine rings is 1. The van der Waals surface area contributed by atoms with E-state index in [0.717, 1.165) is 13.1 Å². The highest BCUT2D eigenvalue weighted by Gasteiger charge is 2.39. The zero-order valence-electron chi connectivity index (χ0n) is 22.0. The number of aryl methyl sites for hydroxylation is 1. The Kier molecular flexibility index (Phi) is 8.30. The van der Waals surface area contributed by atoms with E-state index in [9.17, 15) is 17.6 Å². The molecule has 1 aromatic carbocycles. The summed E-state index contributed by atoms with van der Waals surface area (Å²) < 4.78 is 48.2. The lowest BCUT2D eigenvalue weighted by atomic mass is 9.93. The van der Waals surface area contributed by atoms with E-state index in [1.807, 2.05) is 4.90 Å². The Balaban J connectivity index is 1.26. The van der Waals surface area contributed by atoms with Crippen LogP contribution in [0.2, 0.25) is 0 Å². The predicted octanol–water partition coefficient (Wildman–Crippen LogP) is 4.17. The Morgan fingerprint density at radius 2 is 1.74 bits per heavy atom. The fraction of sp³-hybridized carbons (Fsp3) is 0.571. The molecule has 2 saturated heterocycles. The van der Waals surface area contributed by atoms with Crippen molar-refractivity contribution in [3.63, 3.8) is 0 Å². The van der Waals surface area contributed by atoms with E-state index >= 15 is 0 Å². The molecule has 1 aromatic heterocycles. The van der Waals surface area contributed by atoms with E-state index in [1.165, 1.54) is 54.6 Å². The van der Waals surface area contributed by atoms with E-state index in [1.54, 1.807) is 25.1 Å². The number of hydrogen-bond donors (Lipinski definition) is 0. The number of carbonyl (C=O) groups is 1. The van der Waals surface area contributed by atoms with Crippen LogP contribution in [0.4, 0.5) is 4.39 Å². The van der Waals surface area contributed by atoms with E-state index in [0.29, 0.717) is 44.1 Å². The van der Waals surface area contributed by atoms with Crippen molar-refractivity contribution in [2.45, 2.75) is 62.8 Å². The topological polar surface area (TPSA) is 87.0 Å². The maximum atomic E-state index is 14.0. The summed E-state index contributed by atoms with van der Waals surface area (Å²) in [7, 11) is -3.96. The number of nitrogens with zero attached hydrogens (tertiary/aromatic N) is 4. The third-order valence-corrected chi connectivity index (χ3v) is 10.2. The van der Waals surface area contributed by atoms with Crippen molar-refractivity contribution in [3.05, 3.63) is 47.1 Å². The molecule has 1 amide bonds. The molecule has 10 heteroatoms. The van der Waals surface area contributed by atoms with Gasteiger partial charge in [0.2, 0.25) is 15.9 Å². The maximum Gasteiger partial charge on any atom is 0.248 e. The van der Waals surface area contributed by atoms with Gasteiger partial charge < -0.3 is 9.42 Å². The summed E-state index contributed by atoms with van der Waals surface area (Å²) in [5, 5.41) is 3.88. The number of piperazine rings is 1. The predicted molar refractivity (Wildman–Crippen MR) is 143 cm³/mol. The number of sulfonamides is 1. The first-order valence-corrected chi connectivity index (χ1v) is 15.2. The van der Waals surface area contributed by atoms with E-state index in [-0.39, 0.29) is 34.7 Å². The molecule has 3 aliphatic rings. The molecule has 1 unspecified atom stereocenters. The molecule has 3 fully saturated rings. The first-order valence-electron chi connectivity index (χ1n) is 13.8. The molecule has 5 rings (SSSR count). The second-order valence-electron chi connectivity index (χ2n) is 10.7. The van der Waals surface area contributed by atoms with Gasteiger partial charge in [-0.25, -0.2) is 12.8 Å². The highest BCUT2D eigenvalue weighted by Crippen LogP contribution is 2.30. The summed E-state index contributed by atoms with van der Waals surface area (Å²) in [6, 6.07) is 6.87. The first kappa shape index (κ1) is 27.0. The summed E-state index contributed by atoms with van der Waals surface area (Å²) >= 11 is 0. The van der Waals surface area contributed by atoms with Crippen LogP contribution in [-0.2, 0) is 14.8 Å². The molecule has 0 radical (unpaired) electrons. The highest BCUT2D eigenvalue weighted by atomic mass is 32.2. The molecule has 1 aliphatic carbocycles. The van der Waals surface area contributed by atoms with Crippen LogP contribution < -0.4 is 0 Å². The normalized spacial score (nSPS) is 22.8. The van der Waals surface area contributed by atoms with Gasteiger partial charge in [-0.2, -0.15) is 4.31 Å². The van der Waals surface area contributed by atoms with Crippen molar-refractivity contribution >= 4 is 28.1 Å². The molecule has 0 N–H and O–H groups in total. The quantitative estimate of drug-likeness (QED) is 0.543. The van der Waals surface area contributed by atoms with Crippen molar-refractivity contribution in [2.24, 2.45) is 5.92 Å². The summed E-state index contributed by atoms with van der Waals surface area (Å²) in [6.07, 6.45) is 10.6. The van der Waals surface area contributed by atoms with Gasteiger partial charge in [-0.15, -0.1) is 0 Å². The van der Waals surface area contributed by atoms with Gasteiger partial charge in [-0.1, -0.05) is 42.6 Å². The Morgan fingerprint density at radius 1 is 1.00 bits per heavy atom. The Labute approximate surface area is 224 Å². The van der Waals surface area contributed by atoms with Gasteiger partial charge >= 0.3 is 0 Å². The summed E-state index contributed by atoms with van der Waals surface area (Å²) in [5.41, 5.74) is 0.558. The molecule has 206 valence electrons. The SMILES string of the molecule is Cc1noc(/C=C/c2ccccc2F)c1S(=O)(=O)N1CCCC(C(=O)N2CCN(C3CCCCC3)CC2)C1. The van der Waals surface area contributed by atoms with E-state index in [2.05, 4.69) is 10.1 Å². The minimum absolute atomic E-state index is 0.0284. The molecule has 1 saturated carbocycles. The number of benzene rings is 1. The van der Waals surface area contributed by atoms with Crippen LogP contribution >= 0.6 is 0 Å². The van der Waals surface area contributed by atoms with Crippen LogP contribution in [0.25, 0.3) is 12.2 Å². The molecule has 3 heterocycles. The van der Waals surface area contributed by atoms with Crippen LogP contribution in [-0.4, -0.2) is 78.9 Å². The Hall–Kier alpha value is -2.56. The zero-order valence-corrected chi connectivity index (χ0v) is 22.8. The number of halogens is 1. The second-order valence-corrected chi connectivity index (χ2v) is 12.5. The molecule has 0 bridgehead atoms. The van der Waals surface area contributed by atoms with Crippen LogP contribution in [0.5, 0.6) is 0 Å². The van der Waals surface area contributed by atoms with Gasteiger partial charge in [-0.3, -0.25) is 9.69 Å². The number of carbonyl (C=O) groups excluding carboxylic acids is 1. The van der Waals surface area contributed by atoms with Gasteiger partial charge in [0, 0.05) is 50.9 Å². The monoisotopic (exact) mass is 544 g/mol. The number of aromatic nitrogens is 1. The lowest BCUT2D eigenvalue weighted by Crippen LogP contribution is -2.55. The summed E-state index contributed by atoms with van der Waals surface area (Å²) in [4.78, 5) is 17.9. The molecule has 2 aliphatic heterocycles. The largest absolute Gasteiger partial charge is 0.355 e. The molecule has 2 aromatic rings. The van der Waals surface area contributed by atoms with Crippen molar-refractivity contribution in [2.75, 3.05) is 39.3 Å². The Bertz CT molecular complexity index is 1260. The van der Waals surface area contributed by atoms with Gasteiger partial charge in [0.15, 0.2) is 10.7 Å². The van der Waals surface area contributed by atoms with Crippen LogP contribution in [0.15, 0.2) is 33.7 Å². The standard InChI is InChI=1S/C28H37FN4O4S/c1-21-27(26(37-30-21)14-13-22-8-5-6-12-25(22)29)38(35,36)33-15-7-9-23(20-33)28(34)32-18-16-31(17-19-32)24-10-3-2-4-11-24/h5-6,8,12-14,23-24H,2-4,7,9-11,15-20H2,1H3/b14-13+. The van der Waals surface area contributed by atoms with E-state index in [4.69, 9.17) is 4.52 Å². The van der Waals surface area contributed by atoms with Crippen LogP contribution in [0.1, 0.15) is 62.0 Å². The highest BCUT2D eigenvalue weighted by molar-refractivity contribution is 7.89. The Morgan fingerprint density at radius 3 is 2.47 bits per heavy atom. The van der Waals surface area contributed by atoms with Crippen molar-refractivity contribution < 1.29 is 22.1 Å². The molecule has 0 spiro atoms. The number of amides is 1. The molecule has 8 nitrogen and oxygen atoms in total. The van der Waals surface area contributed by atoms with Crippen molar-refractivity contribution in [1.29, 1.82) is 0 Å². The summed E-state index contributed by atoms with van der Waals surface area (Å²) in [5.74, 6) is -0.674. The average molecular weight is 545 g/mol. The van der Waals surface area contributed by atoms with Crippen molar-refractivity contribution in [1.82, 2.24) is 19.3 Å². The third-order valence-electron chi connectivity index (χ3n) is 8.20. The maximum absolute atomic E-state index is 14.0. The smallest absolute Gasteiger partial charge is 0.248 e. The molecule has 38 heavy (non-hydrogen) atoms. The third kappa shape index (κ3) is 5.72. The summed E-state index contributed by atoms with van der Waals surface area (Å²) in [6.45, 7) is 5.25. The fourth-order valence-electron chi connectivity index (χ4n) is 6.08. The van der Waals surface area contributed by atoms with Crippen LogP contribution in [0, 0.1) is 18.7 Å². The van der Waals surface area contributed by atoms with Crippen LogP contribution in [0.3, 0.4) is 0 Å². The number of hydrogen-bond acceptors (Lipinski definition) is 6. The van der Waals surface area contributed by atoms with Gasteiger partial charge in [0.25, 0.3) is 0 Å². The van der Waals surface area contributed by atoms with Gasteiger partial charge in [0.05, 0.1) is 5.92 Å².